The molecule has 1 aromatic heterocycles. The Morgan fingerprint density at radius 3 is 2.14 bits per heavy atom. The Bertz CT molecular complexity index is 1310. The zero-order valence-electron chi connectivity index (χ0n) is 23.1. The van der Waals surface area contributed by atoms with Crippen LogP contribution in [0.2, 0.25) is 0 Å². The average molecular weight is 609 g/mol. The first-order valence-electron chi connectivity index (χ1n) is 13.5. The Morgan fingerprint density at radius 2 is 1.55 bits per heavy atom. The maximum Gasteiger partial charge on any atom is 0.244 e. The lowest BCUT2D eigenvalue weighted by Gasteiger charge is -2.25. The molecule has 3 rings (SSSR count). The van der Waals surface area contributed by atoms with Gasteiger partial charge in [-0.3, -0.25) is 28.8 Å². The molecule has 15 nitrogen and oxygen atoms in total. The molecule has 1 fully saturated rings. The van der Waals surface area contributed by atoms with Crippen molar-refractivity contribution in [3.05, 3.63) is 36.3 Å². The lowest BCUT2D eigenvalue weighted by Crippen LogP contribution is -2.57. The highest BCUT2D eigenvalue weighted by atomic mass is 32.2. The molecule has 0 unspecified atom stereocenters. The number of nitrogens with one attached hydrogen (secondary N) is 5. The van der Waals surface area contributed by atoms with Crippen LogP contribution < -0.4 is 32.3 Å². The van der Waals surface area contributed by atoms with Gasteiger partial charge in [-0.2, -0.15) is 0 Å². The van der Waals surface area contributed by atoms with Crippen LogP contribution in [0.5, 0.6) is 0 Å². The van der Waals surface area contributed by atoms with Gasteiger partial charge in [0, 0.05) is 31.4 Å². The molecule has 0 saturated heterocycles. The van der Waals surface area contributed by atoms with Crippen LogP contribution in [-0.2, 0) is 45.0 Å². The predicted octanol–water partition coefficient (Wildman–Crippen LogP) is -2.44. The number of sulfone groups is 1. The molecule has 16 heteroatoms. The van der Waals surface area contributed by atoms with Gasteiger partial charge in [0.05, 0.1) is 12.0 Å². The van der Waals surface area contributed by atoms with Crippen molar-refractivity contribution in [2.75, 3.05) is 18.6 Å². The number of hydrogen-bond acceptors (Lipinski definition) is 9. The fourth-order valence-electron chi connectivity index (χ4n) is 4.24. The third kappa shape index (κ3) is 11.0. The summed E-state index contributed by atoms with van der Waals surface area (Å²) >= 11 is 0. The molecule has 2 aliphatic rings. The van der Waals surface area contributed by atoms with Gasteiger partial charge < -0.3 is 36.7 Å². The summed E-state index contributed by atoms with van der Waals surface area (Å²) in [7, 11) is -3.52. The highest BCUT2D eigenvalue weighted by molar-refractivity contribution is 7.90. The third-order valence-corrected chi connectivity index (χ3v) is 7.68. The van der Waals surface area contributed by atoms with Crippen molar-refractivity contribution >= 4 is 45.3 Å². The van der Waals surface area contributed by atoms with E-state index < -0.39 is 75.2 Å². The second kappa shape index (κ2) is 14.6. The van der Waals surface area contributed by atoms with E-state index in [0.717, 1.165) is 31.2 Å². The van der Waals surface area contributed by atoms with Crippen LogP contribution >= 0.6 is 0 Å². The monoisotopic (exact) mass is 608 g/mol. The van der Waals surface area contributed by atoms with Crippen LogP contribution in [0.4, 0.5) is 0 Å². The highest BCUT2D eigenvalue weighted by Gasteiger charge is 2.34. The molecule has 2 heterocycles. The van der Waals surface area contributed by atoms with E-state index in [1.807, 2.05) is 0 Å². The van der Waals surface area contributed by atoms with Crippen molar-refractivity contribution in [1.29, 1.82) is 0 Å². The van der Waals surface area contributed by atoms with Gasteiger partial charge >= 0.3 is 0 Å². The molecule has 1 saturated carbocycles. The van der Waals surface area contributed by atoms with Crippen molar-refractivity contribution < 1.29 is 41.6 Å². The lowest BCUT2D eigenvalue weighted by molar-refractivity contribution is -0.133. The highest BCUT2D eigenvalue weighted by Crippen LogP contribution is 2.33. The molecule has 0 bridgehead atoms. The minimum atomic E-state index is -3.52. The molecule has 230 valence electrons. The van der Waals surface area contributed by atoms with E-state index in [1.54, 1.807) is 12.1 Å². The standard InChI is InChI=1S/C26H36N6O9S/c1-42(39,40)12-9-18-24(36)28-10-8-17(23(27)35)29-21(33)6-7-22(34)30-19(13-15-4-5-15)25(37)32-20(26(38)31-18)14-16-3-2-11-41-16/h2-3,6-7,11,15,17-20H,4-5,8-10,12-14H2,1H3,(H2,27,35)(H,28,36)(H,29,33)(H,30,34)(H,31,38)(H,32,37)/b7-6-/t17-,18-,19-,20-/m0/s1. The lowest BCUT2D eigenvalue weighted by atomic mass is 10.1. The molecular formula is C26H36N6O9S. The van der Waals surface area contributed by atoms with Crippen molar-refractivity contribution in [3.8, 4) is 0 Å². The van der Waals surface area contributed by atoms with Gasteiger partial charge in [0.25, 0.3) is 0 Å². The molecule has 0 radical (unpaired) electrons. The number of nitrogens with two attached hydrogens (primary N) is 1. The first-order valence-corrected chi connectivity index (χ1v) is 15.5. The van der Waals surface area contributed by atoms with Crippen LogP contribution in [0.1, 0.15) is 37.9 Å². The van der Waals surface area contributed by atoms with Crippen molar-refractivity contribution in [3.63, 3.8) is 0 Å². The molecule has 6 amide bonds. The van der Waals surface area contributed by atoms with Gasteiger partial charge in [0.15, 0.2) is 0 Å². The Hall–Kier alpha value is -4.21. The van der Waals surface area contributed by atoms with Crippen LogP contribution in [-0.4, -0.2) is 86.6 Å². The molecule has 7 N–H and O–H groups in total. The Labute approximate surface area is 242 Å². The quantitative estimate of drug-likeness (QED) is 0.184. The van der Waals surface area contributed by atoms with Crippen molar-refractivity contribution in [2.24, 2.45) is 11.7 Å². The zero-order chi connectivity index (χ0) is 30.9. The van der Waals surface area contributed by atoms with E-state index in [4.69, 9.17) is 10.2 Å². The summed E-state index contributed by atoms with van der Waals surface area (Å²) in [5.74, 6) is -4.54. The van der Waals surface area contributed by atoms with E-state index in [1.165, 1.54) is 6.26 Å². The van der Waals surface area contributed by atoms with Crippen molar-refractivity contribution in [1.82, 2.24) is 26.6 Å². The fourth-order valence-corrected chi connectivity index (χ4v) is 4.91. The third-order valence-electron chi connectivity index (χ3n) is 6.71. The van der Waals surface area contributed by atoms with Gasteiger partial charge in [-0.25, -0.2) is 8.42 Å². The summed E-state index contributed by atoms with van der Waals surface area (Å²) in [6, 6.07) is -1.65. The Balaban J connectivity index is 1.92. The average Bonchev–Trinajstić information content (AvgIpc) is 3.58. The predicted molar refractivity (Wildman–Crippen MR) is 148 cm³/mol. The van der Waals surface area contributed by atoms with Gasteiger partial charge in [0.2, 0.25) is 35.4 Å². The van der Waals surface area contributed by atoms with E-state index in [0.29, 0.717) is 5.76 Å². The maximum absolute atomic E-state index is 13.4. The zero-order valence-corrected chi connectivity index (χ0v) is 23.9. The van der Waals surface area contributed by atoms with Crippen LogP contribution in [0.15, 0.2) is 35.0 Å². The number of hydrogen-bond donors (Lipinski definition) is 6. The van der Waals surface area contributed by atoms with E-state index in [2.05, 4.69) is 26.6 Å². The topological polar surface area (TPSA) is 236 Å². The Morgan fingerprint density at radius 1 is 0.905 bits per heavy atom. The normalized spacial score (nSPS) is 26.0. The number of amides is 6. The first-order chi connectivity index (χ1) is 19.8. The second-order valence-corrected chi connectivity index (χ2v) is 12.7. The van der Waals surface area contributed by atoms with E-state index >= 15 is 0 Å². The summed E-state index contributed by atoms with van der Waals surface area (Å²) in [5.41, 5.74) is 5.36. The van der Waals surface area contributed by atoms with Gasteiger partial charge in [-0.05, 0) is 37.3 Å². The molecule has 42 heavy (non-hydrogen) atoms. The summed E-state index contributed by atoms with van der Waals surface area (Å²) < 4.78 is 29.0. The summed E-state index contributed by atoms with van der Waals surface area (Å²) in [5, 5.41) is 12.5. The molecule has 1 aliphatic heterocycles. The van der Waals surface area contributed by atoms with Gasteiger partial charge in [0.1, 0.15) is 39.8 Å². The minimum Gasteiger partial charge on any atom is -0.469 e. The van der Waals surface area contributed by atoms with E-state index in [-0.39, 0.29) is 38.1 Å². The molecule has 4 atom stereocenters. The summed E-state index contributed by atoms with van der Waals surface area (Å²) in [6.45, 7) is -0.169. The molecular weight excluding hydrogens is 572 g/mol. The number of rotatable bonds is 8. The molecule has 1 aliphatic carbocycles. The molecule has 1 aromatic rings. The number of carbonyl (C=O) groups excluding carboxylic acids is 6. The number of carbonyl (C=O) groups is 6. The van der Waals surface area contributed by atoms with E-state index in [9.17, 15) is 37.2 Å². The number of primary amides is 1. The van der Waals surface area contributed by atoms with Gasteiger partial charge in [-0.15, -0.1) is 0 Å². The second-order valence-electron chi connectivity index (χ2n) is 10.4. The maximum atomic E-state index is 13.4. The van der Waals surface area contributed by atoms with Crippen LogP contribution in [0.3, 0.4) is 0 Å². The SMILES string of the molecule is CS(=O)(=O)CC[C@@H]1NC(=O)[C@H](Cc2ccco2)NC(=O)[C@H](CC2CC2)NC(=O)/C=C\C(=O)N[C@H](C(N)=O)CCNC1=O. The smallest absolute Gasteiger partial charge is 0.244 e. The number of furan rings is 1. The van der Waals surface area contributed by atoms with Crippen LogP contribution in [0, 0.1) is 5.92 Å². The van der Waals surface area contributed by atoms with Crippen molar-refractivity contribution in [2.45, 2.75) is 62.7 Å². The summed E-state index contributed by atoms with van der Waals surface area (Å²) in [4.78, 5) is 76.6. The minimum absolute atomic E-state index is 0.102. The Kier molecular flexibility index (Phi) is 11.2. The van der Waals surface area contributed by atoms with Crippen LogP contribution in [0.25, 0.3) is 0 Å². The first kappa shape index (κ1) is 32.3. The van der Waals surface area contributed by atoms with Gasteiger partial charge in [-0.1, -0.05) is 12.8 Å². The molecule has 0 aromatic carbocycles. The molecule has 0 spiro atoms. The summed E-state index contributed by atoms with van der Waals surface area (Å²) in [6.07, 6.45) is 5.66. The largest absolute Gasteiger partial charge is 0.469 e. The fraction of sp³-hybridized carbons (Fsp3) is 0.538.